The maximum Gasteiger partial charge on any atom is 0.168 e. The van der Waals surface area contributed by atoms with E-state index in [1.807, 2.05) is 6.07 Å². The molecule has 0 saturated heterocycles. The van der Waals surface area contributed by atoms with Crippen molar-refractivity contribution in [1.82, 2.24) is 9.78 Å². The Morgan fingerprint density at radius 2 is 1.65 bits per heavy atom. The van der Waals surface area contributed by atoms with Crippen LogP contribution >= 0.6 is 0 Å². The number of hydrogen-bond donors (Lipinski definition) is 0. The Morgan fingerprint density at radius 3 is 2.35 bits per heavy atom. The first-order valence-corrected chi connectivity index (χ1v) is 10.7. The molecule has 1 aliphatic rings. The summed E-state index contributed by atoms with van der Waals surface area (Å²) in [5.74, 6) is -0.0307. The van der Waals surface area contributed by atoms with Crippen molar-refractivity contribution in [1.29, 1.82) is 0 Å². The second-order valence-electron chi connectivity index (χ2n) is 8.11. The molecule has 0 spiro atoms. The van der Waals surface area contributed by atoms with Gasteiger partial charge in [-0.05, 0) is 66.6 Å². The van der Waals surface area contributed by atoms with Crippen molar-refractivity contribution in [2.75, 3.05) is 0 Å². The Balaban J connectivity index is 1.44. The lowest BCUT2D eigenvalue weighted by Gasteiger charge is -2.21. The molecular formula is C27H23FN2O. The van der Waals surface area contributed by atoms with E-state index in [9.17, 15) is 9.18 Å². The molecule has 1 aliphatic carbocycles. The minimum absolute atomic E-state index is 0.270. The second kappa shape index (κ2) is 8.31. The first-order chi connectivity index (χ1) is 15.2. The first kappa shape index (κ1) is 19.4. The molecule has 4 aromatic rings. The van der Waals surface area contributed by atoms with Crippen LogP contribution in [0.4, 0.5) is 4.39 Å². The van der Waals surface area contributed by atoms with E-state index in [4.69, 9.17) is 5.10 Å². The SMILES string of the molecule is O=Cc1c2c(nn1-c1ccc(F)cc1)C(Cc1ccc(-c3ccccc3)cc1)CCC2. The molecule has 0 saturated carbocycles. The van der Waals surface area contributed by atoms with Gasteiger partial charge in [-0.2, -0.15) is 5.10 Å². The summed E-state index contributed by atoms with van der Waals surface area (Å²) in [7, 11) is 0. The quantitative estimate of drug-likeness (QED) is 0.370. The molecule has 1 heterocycles. The molecule has 3 aromatic carbocycles. The van der Waals surface area contributed by atoms with Crippen LogP contribution in [0, 0.1) is 5.82 Å². The highest BCUT2D eigenvalue weighted by Gasteiger charge is 2.28. The van der Waals surface area contributed by atoms with Crippen LogP contribution in [-0.4, -0.2) is 16.1 Å². The third-order valence-electron chi connectivity index (χ3n) is 6.15. The maximum atomic E-state index is 13.4. The molecule has 0 aliphatic heterocycles. The Hall–Kier alpha value is -3.53. The largest absolute Gasteiger partial charge is 0.296 e. The topological polar surface area (TPSA) is 34.9 Å². The van der Waals surface area contributed by atoms with E-state index >= 15 is 0 Å². The Bertz CT molecular complexity index is 1190. The summed E-state index contributed by atoms with van der Waals surface area (Å²) in [6, 6.07) is 25.2. The fraction of sp³-hybridized carbons (Fsp3) is 0.185. The van der Waals surface area contributed by atoms with Crippen LogP contribution in [0.5, 0.6) is 0 Å². The number of halogens is 1. The van der Waals surface area contributed by atoms with Gasteiger partial charge in [0, 0.05) is 11.5 Å². The van der Waals surface area contributed by atoms with Crippen molar-refractivity contribution >= 4 is 6.29 Å². The zero-order valence-corrected chi connectivity index (χ0v) is 17.2. The third-order valence-corrected chi connectivity index (χ3v) is 6.15. The summed E-state index contributed by atoms with van der Waals surface area (Å²) in [5.41, 5.74) is 7.03. The van der Waals surface area contributed by atoms with Crippen LogP contribution in [0.2, 0.25) is 0 Å². The molecule has 0 fully saturated rings. The highest BCUT2D eigenvalue weighted by molar-refractivity contribution is 5.77. The zero-order valence-electron chi connectivity index (χ0n) is 17.2. The molecular weight excluding hydrogens is 387 g/mol. The van der Waals surface area contributed by atoms with E-state index in [0.29, 0.717) is 11.4 Å². The van der Waals surface area contributed by atoms with Gasteiger partial charge in [-0.25, -0.2) is 9.07 Å². The molecule has 1 unspecified atom stereocenters. The van der Waals surface area contributed by atoms with Crippen molar-refractivity contribution in [3.63, 3.8) is 0 Å². The number of fused-ring (bicyclic) bond motifs is 1. The Labute approximate surface area is 181 Å². The van der Waals surface area contributed by atoms with Gasteiger partial charge in [-0.1, -0.05) is 54.6 Å². The standard InChI is InChI=1S/C27H23FN2O/c28-23-13-15-24(16-14-23)30-26(18-31)25-8-4-7-22(27(25)29-30)17-19-9-11-21(12-10-19)20-5-2-1-3-6-20/h1-3,5-6,9-16,18,22H,4,7-8,17H2. The Morgan fingerprint density at radius 1 is 0.935 bits per heavy atom. The van der Waals surface area contributed by atoms with E-state index in [2.05, 4.69) is 48.5 Å². The Kier molecular flexibility index (Phi) is 5.21. The maximum absolute atomic E-state index is 13.4. The number of hydrogen-bond acceptors (Lipinski definition) is 2. The average Bonchev–Trinajstić information content (AvgIpc) is 3.20. The van der Waals surface area contributed by atoms with Crippen molar-refractivity contribution in [2.24, 2.45) is 0 Å². The number of benzene rings is 3. The molecule has 1 aromatic heterocycles. The van der Waals surface area contributed by atoms with Crippen LogP contribution in [-0.2, 0) is 12.8 Å². The summed E-state index contributed by atoms with van der Waals surface area (Å²) in [6.07, 6.45) is 4.71. The van der Waals surface area contributed by atoms with E-state index < -0.39 is 0 Å². The molecule has 31 heavy (non-hydrogen) atoms. The summed E-state index contributed by atoms with van der Waals surface area (Å²) in [6.45, 7) is 0. The first-order valence-electron chi connectivity index (χ1n) is 10.7. The molecule has 0 bridgehead atoms. The normalized spacial score (nSPS) is 15.5. The predicted molar refractivity (Wildman–Crippen MR) is 120 cm³/mol. The number of aromatic nitrogens is 2. The van der Waals surface area contributed by atoms with Gasteiger partial charge in [0.1, 0.15) is 11.5 Å². The lowest BCUT2D eigenvalue weighted by atomic mass is 9.83. The van der Waals surface area contributed by atoms with Gasteiger partial charge in [0.15, 0.2) is 6.29 Å². The summed E-state index contributed by atoms with van der Waals surface area (Å²) >= 11 is 0. The van der Waals surface area contributed by atoms with Crippen LogP contribution < -0.4 is 0 Å². The predicted octanol–water partition coefficient (Wildman–Crippen LogP) is 6.15. The highest BCUT2D eigenvalue weighted by Crippen LogP contribution is 2.36. The van der Waals surface area contributed by atoms with Crippen molar-refractivity contribution in [2.45, 2.75) is 31.6 Å². The van der Waals surface area contributed by atoms with Gasteiger partial charge in [0.25, 0.3) is 0 Å². The van der Waals surface area contributed by atoms with E-state index in [1.54, 1.807) is 16.8 Å². The smallest absolute Gasteiger partial charge is 0.168 e. The monoisotopic (exact) mass is 410 g/mol. The second-order valence-corrected chi connectivity index (χ2v) is 8.11. The van der Waals surface area contributed by atoms with Gasteiger partial charge in [-0.15, -0.1) is 0 Å². The minimum Gasteiger partial charge on any atom is -0.296 e. The number of carbonyl (C=O) groups is 1. The lowest BCUT2D eigenvalue weighted by Crippen LogP contribution is -2.12. The molecule has 0 N–H and O–H groups in total. The van der Waals surface area contributed by atoms with Crippen LogP contribution in [0.3, 0.4) is 0 Å². The molecule has 4 heteroatoms. The van der Waals surface area contributed by atoms with Gasteiger partial charge in [0.2, 0.25) is 0 Å². The van der Waals surface area contributed by atoms with E-state index in [-0.39, 0.29) is 11.7 Å². The number of aldehydes is 1. The molecule has 3 nitrogen and oxygen atoms in total. The van der Waals surface area contributed by atoms with Gasteiger partial charge in [-0.3, -0.25) is 4.79 Å². The zero-order chi connectivity index (χ0) is 21.2. The van der Waals surface area contributed by atoms with Crippen LogP contribution in [0.15, 0.2) is 78.9 Å². The van der Waals surface area contributed by atoms with Gasteiger partial charge >= 0.3 is 0 Å². The minimum atomic E-state index is -0.301. The van der Waals surface area contributed by atoms with E-state index in [0.717, 1.165) is 43.2 Å². The summed E-state index contributed by atoms with van der Waals surface area (Å²) in [5, 5.41) is 4.83. The van der Waals surface area contributed by atoms with Crippen LogP contribution in [0.1, 0.15) is 46.1 Å². The van der Waals surface area contributed by atoms with Gasteiger partial charge < -0.3 is 0 Å². The van der Waals surface area contributed by atoms with Crippen molar-refractivity contribution < 1.29 is 9.18 Å². The average molecular weight is 410 g/mol. The fourth-order valence-electron chi connectivity index (χ4n) is 4.57. The number of nitrogens with zero attached hydrogens (tertiary/aromatic N) is 2. The fourth-order valence-corrected chi connectivity index (χ4v) is 4.57. The summed E-state index contributed by atoms with van der Waals surface area (Å²) in [4.78, 5) is 11.9. The number of rotatable bonds is 5. The van der Waals surface area contributed by atoms with Crippen LogP contribution in [0.25, 0.3) is 16.8 Å². The molecule has 5 rings (SSSR count). The molecule has 0 amide bonds. The third kappa shape index (κ3) is 3.81. The van der Waals surface area contributed by atoms with Crippen molar-refractivity contribution in [3.8, 4) is 16.8 Å². The highest BCUT2D eigenvalue weighted by atomic mass is 19.1. The molecule has 1 atom stereocenters. The summed E-state index contributed by atoms with van der Waals surface area (Å²) < 4.78 is 15.0. The van der Waals surface area contributed by atoms with Crippen molar-refractivity contribution in [3.05, 3.63) is 107 Å². The molecule has 154 valence electrons. The molecule has 0 radical (unpaired) electrons. The lowest BCUT2D eigenvalue weighted by molar-refractivity contribution is 0.111. The number of carbonyl (C=O) groups excluding carboxylic acids is 1. The van der Waals surface area contributed by atoms with E-state index in [1.165, 1.54) is 28.8 Å². The van der Waals surface area contributed by atoms with Gasteiger partial charge in [0.05, 0.1) is 11.4 Å².